The number of rotatable bonds is 0. The standard InChI is InChI=1S/C4H4N2/c1-2-6-4-3-5-1/h1-4H/q+1. The van der Waals surface area contributed by atoms with Crippen LogP contribution in [-0.2, 0) is 0 Å². The molecule has 0 N–H and O–H groups in total. The zero-order chi connectivity index (χ0) is 4.24. The van der Waals surface area contributed by atoms with E-state index in [2.05, 4.69) is 9.98 Å². The van der Waals surface area contributed by atoms with Gasteiger partial charge in [-0.3, -0.25) is 4.99 Å². The van der Waals surface area contributed by atoms with Gasteiger partial charge in [-0.2, -0.15) is 0 Å². The quantitative estimate of drug-likeness (QED) is 0.390. The number of nitrogens with zero attached hydrogens (tertiary/aromatic N) is 2. The Labute approximate surface area is 35.9 Å². The average molecular weight is 80.1 g/mol. The lowest BCUT2D eigenvalue weighted by molar-refractivity contribution is 1.36. The predicted octanol–water partition coefficient (Wildman–Crippen LogP) is -0.0514. The minimum Gasteiger partial charge on any atom is -0.252 e. The average Bonchev–Trinajstić information content (AvgIpc) is 1.72. The molecule has 0 amide bonds. The Morgan fingerprint density at radius 1 is 1.50 bits per heavy atom. The van der Waals surface area contributed by atoms with Gasteiger partial charge >= 0.3 is 0 Å². The molecule has 2 nitrogen and oxygen atoms in total. The minimum atomic E-state index is 1.64. The summed E-state index contributed by atoms with van der Waals surface area (Å²) in [6.45, 7) is 0. The second-order valence-electron chi connectivity index (χ2n) is 0.894. The molecule has 0 saturated carbocycles. The van der Waals surface area contributed by atoms with Crippen LogP contribution in [0.1, 0.15) is 0 Å². The first-order chi connectivity index (χ1) is 3.00. The van der Waals surface area contributed by atoms with Gasteiger partial charge in [-0.1, -0.05) is 0 Å². The molecule has 0 unspecified atom stereocenters. The molecule has 0 spiro atoms. The third-order valence-electron chi connectivity index (χ3n) is 0.478. The summed E-state index contributed by atoms with van der Waals surface area (Å²) in [6, 6.07) is 0. The molecule has 1 heterocycles. The van der Waals surface area contributed by atoms with Crippen LogP contribution in [0.3, 0.4) is 0 Å². The lowest BCUT2D eigenvalue weighted by Crippen LogP contribution is -1.86. The molecule has 0 aromatic rings. The van der Waals surface area contributed by atoms with E-state index in [1.54, 1.807) is 24.8 Å². The van der Waals surface area contributed by atoms with Crippen molar-refractivity contribution < 1.29 is 0 Å². The summed E-state index contributed by atoms with van der Waals surface area (Å²) in [7, 11) is 0. The van der Waals surface area contributed by atoms with Crippen LogP contribution < -0.4 is 4.99 Å². The summed E-state index contributed by atoms with van der Waals surface area (Å²) in [6.07, 6.45) is 6.56. The molecule has 1 aliphatic heterocycles. The molecule has 0 atom stereocenters. The Kier molecular flexibility index (Phi) is 0.819. The van der Waals surface area contributed by atoms with Gasteiger partial charge < -0.3 is 0 Å². The third-order valence-corrected chi connectivity index (χ3v) is 0.478. The van der Waals surface area contributed by atoms with Crippen LogP contribution in [0.15, 0.2) is 17.4 Å². The Hall–Kier alpha value is -0.920. The molecule has 0 aliphatic carbocycles. The van der Waals surface area contributed by atoms with Crippen molar-refractivity contribution in [3.05, 3.63) is 12.4 Å². The topological polar surface area (TPSA) is 26.5 Å². The fourth-order valence-electron chi connectivity index (χ4n) is 0.253. The molecule has 29 valence electrons. The van der Waals surface area contributed by atoms with Gasteiger partial charge in [0.1, 0.15) is 0 Å². The maximum atomic E-state index is 3.72. The molecule has 0 bridgehead atoms. The lowest BCUT2D eigenvalue weighted by atomic mass is 10.7. The van der Waals surface area contributed by atoms with E-state index < -0.39 is 0 Å². The molecule has 1 radical (unpaired) electrons. The van der Waals surface area contributed by atoms with E-state index >= 15 is 0 Å². The molecule has 0 saturated heterocycles. The SMILES string of the molecule is C1=C[N+]=CC=N1. The van der Waals surface area contributed by atoms with Crippen LogP contribution in [0, 0.1) is 0 Å². The molecule has 0 fully saturated rings. The van der Waals surface area contributed by atoms with E-state index in [-0.39, 0.29) is 0 Å². The van der Waals surface area contributed by atoms with Crippen molar-refractivity contribution in [3.8, 4) is 0 Å². The van der Waals surface area contributed by atoms with Crippen molar-refractivity contribution in [1.82, 2.24) is 4.99 Å². The minimum absolute atomic E-state index is 1.64. The first kappa shape index (κ1) is 3.28. The first-order valence-electron chi connectivity index (χ1n) is 1.70. The van der Waals surface area contributed by atoms with Crippen LogP contribution in [0.4, 0.5) is 0 Å². The van der Waals surface area contributed by atoms with Gasteiger partial charge in [0.2, 0.25) is 0 Å². The van der Waals surface area contributed by atoms with Gasteiger partial charge in [0, 0.05) is 0 Å². The highest BCUT2D eigenvalue weighted by Crippen LogP contribution is 1.68. The Morgan fingerprint density at radius 3 is 2.67 bits per heavy atom. The molecule has 6 heavy (non-hydrogen) atoms. The molecule has 1 aliphatic rings. The Balaban J connectivity index is 2.77. The van der Waals surface area contributed by atoms with E-state index in [0.717, 1.165) is 0 Å². The fourth-order valence-corrected chi connectivity index (χ4v) is 0.253. The smallest absolute Gasteiger partial charge is 0.252 e. The maximum absolute atomic E-state index is 3.72. The molecule has 0 aromatic carbocycles. The van der Waals surface area contributed by atoms with Crippen molar-refractivity contribution in [2.75, 3.05) is 0 Å². The summed E-state index contributed by atoms with van der Waals surface area (Å²) < 4.78 is 0. The van der Waals surface area contributed by atoms with Crippen LogP contribution in [-0.4, -0.2) is 12.4 Å². The summed E-state index contributed by atoms with van der Waals surface area (Å²) in [4.78, 5) is 7.44. The van der Waals surface area contributed by atoms with Crippen molar-refractivity contribution in [2.45, 2.75) is 0 Å². The van der Waals surface area contributed by atoms with Gasteiger partial charge in [0.05, 0.1) is 17.4 Å². The lowest BCUT2D eigenvalue weighted by Gasteiger charge is -1.64. The van der Waals surface area contributed by atoms with Crippen molar-refractivity contribution >= 4 is 12.4 Å². The van der Waals surface area contributed by atoms with Crippen LogP contribution in [0.25, 0.3) is 0 Å². The van der Waals surface area contributed by atoms with E-state index in [1.165, 1.54) is 0 Å². The Morgan fingerprint density at radius 2 is 2.50 bits per heavy atom. The number of hydrogen-bond acceptors (Lipinski definition) is 2. The van der Waals surface area contributed by atoms with Gasteiger partial charge in [-0.05, 0) is 0 Å². The fraction of sp³-hybridized carbons (Fsp3) is 0. The van der Waals surface area contributed by atoms with Crippen molar-refractivity contribution in [2.24, 2.45) is 4.99 Å². The second-order valence-corrected chi connectivity index (χ2v) is 0.894. The van der Waals surface area contributed by atoms with Crippen LogP contribution in [0.2, 0.25) is 0 Å². The maximum Gasteiger partial charge on any atom is 0.260 e. The summed E-state index contributed by atoms with van der Waals surface area (Å²) >= 11 is 0. The highest BCUT2D eigenvalue weighted by molar-refractivity contribution is 6.16. The van der Waals surface area contributed by atoms with E-state index in [1.807, 2.05) is 0 Å². The van der Waals surface area contributed by atoms with Crippen molar-refractivity contribution in [3.63, 3.8) is 0 Å². The van der Waals surface area contributed by atoms with E-state index in [9.17, 15) is 0 Å². The zero-order valence-corrected chi connectivity index (χ0v) is 3.20. The summed E-state index contributed by atoms with van der Waals surface area (Å²) in [5, 5.41) is 0. The van der Waals surface area contributed by atoms with Crippen LogP contribution >= 0.6 is 0 Å². The number of hydrogen-bond donors (Lipinski definition) is 0. The van der Waals surface area contributed by atoms with Gasteiger partial charge in [0.15, 0.2) is 0 Å². The zero-order valence-electron chi connectivity index (χ0n) is 3.20. The van der Waals surface area contributed by atoms with Gasteiger partial charge in [-0.15, -0.1) is 0 Å². The molecular formula is C4H4N2+. The monoisotopic (exact) mass is 80.0 g/mol. The molecule has 1 rings (SSSR count). The third kappa shape index (κ3) is 0.516. The van der Waals surface area contributed by atoms with Gasteiger partial charge in [-0.25, -0.2) is 0 Å². The highest BCUT2D eigenvalue weighted by Gasteiger charge is 1.82. The number of aliphatic imine (C=N–C) groups is 2. The van der Waals surface area contributed by atoms with Gasteiger partial charge in [0.25, 0.3) is 12.4 Å². The normalized spacial score (nSPS) is 16.0. The molecular weight excluding hydrogens is 76.1 g/mol. The van der Waals surface area contributed by atoms with E-state index in [0.29, 0.717) is 0 Å². The largest absolute Gasteiger partial charge is 0.260 e. The first-order valence-corrected chi connectivity index (χ1v) is 1.70. The Bertz CT molecular complexity index is 74.9. The molecule has 2 heteroatoms. The highest BCUT2D eigenvalue weighted by atomic mass is 14.8. The predicted molar refractivity (Wildman–Crippen MR) is 25.8 cm³/mol. The summed E-state index contributed by atoms with van der Waals surface area (Å²) in [5.41, 5.74) is 0. The van der Waals surface area contributed by atoms with E-state index in [4.69, 9.17) is 0 Å². The summed E-state index contributed by atoms with van der Waals surface area (Å²) in [5.74, 6) is 0. The van der Waals surface area contributed by atoms with Crippen LogP contribution in [0.5, 0.6) is 0 Å². The molecule has 0 aromatic heterocycles. The second kappa shape index (κ2) is 1.50. The van der Waals surface area contributed by atoms with Crippen molar-refractivity contribution in [1.29, 1.82) is 0 Å².